The summed E-state index contributed by atoms with van der Waals surface area (Å²) in [6.45, 7) is 6.68. The van der Waals surface area contributed by atoms with Crippen LogP contribution in [-0.2, 0) is 19.5 Å². The van der Waals surface area contributed by atoms with Gasteiger partial charge in [0.2, 0.25) is 0 Å². The largest absolute Gasteiger partial charge is 0.489 e. The Morgan fingerprint density at radius 1 is 1.32 bits per heavy atom. The van der Waals surface area contributed by atoms with E-state index < -0.39 is 0 Å². The second-order valence-corrected chi connectivity index (χ2v) is 6.60. The highest BCUT2D eigenvalue weighted by Gasteiger charge is 2.15. The highest BCUT2D eigenvalue weighted by Crippen LogP contribution is 2.15. The van der Waals surface area contributed by atoms with Crippen molar-refractivity contribution in [1.29, 1.82) is 0 Å². The van der Waals surface area contributed by atoms with Crippen LogP contribution in [0.15, 0.2) is 29.3 Å². The third-order valence-corrected chi connectivity index (χ3v) is 4.35. The molecule has 0 aliphatic carbocycles. The van der Waals surface area contributed by atoms with Crippen molar-refractivity contribution in [3.8, 4) is 5.75 Å². The van der Waals surface area contributed by atoms with Gasteiger partial charge in [-0.25, -0.2) is 9.38 Å². The van der Waals surface area contributed by atoms with Gasteiger partial charge in [0.05, 0.1) is 6.54 Å². The summed E-state index contributed by atoms with van der Waals surface area (Å²) in [5, 5.41) is 15.0. The van der Waals surface area contributed by atoms with E-state index in [1.54, 1.807) is 12.1 Å². The number of aromatic nitrogens is 3. The van der Waals surface area contributed by atoms with Crippen molar-refractivity contribution in [3.05, 3.63) is 41.7 Å². The summed E-state index contributed by atoms with van der Waals surface area (Å²) in [5.41, 5.74) is 0. The SMILES string of the molecule is CCNC(=NCc1nnc2n1CCCC2)NCC(C)Oc1cccc(F)c1.I. The predicted molar refractivity (Wildman–Crippen MR) is 118 cm³/mol. The summed E-state index contributed by atoms with van der Waals surface area (Å²) >= 11 is 0. The molecule has 2 aromatic rings. The average Bonchev–Trinajstić information content (AvgIpc) is 3.07. The Hall–Kier alpha value is -1.91. The van der Waals surface area contributed by atoms with Gasteiger partial charge in [0.1, 0.15) is 30.0 Å². The van der Waals surface area contributed by atoms with E-state index in [4.69, 9.17) is 4.74 Å². The van der Waals surface area contributed by atoms with Crippen molar-refractivity contribution < 1.29 is 9.13 Å². The Labute approximate surface area is 182 Å². The number of aliphatic imine (C=N–C) groups is 1. The molecule has 3 rings (SSSR count). The van der Waals surface area contributed by atoms with E-state index in [1.165, 1.54) is 18.6 Å². The lowest BCUT2D eigenvalue weighted by atomic mass is 10.2. The van der Waals surface area contributed by atoms with E-state index in [-0.39, 0.29) is 35.9 Å². The molecule has 28 heavy (non-hydrogen) atoms. The van der Waals surface area contributed by atoms with Gasteiger partial charge in [-0.2, -0.15) is 0 Å². The third-order valence-electron chi connectivity index (χ3n) is 4.35. The number of fused-ring (bicyclic) bond motifs is 1. The first kappa shape index (κ1) is 22.4. The Balaban J connectivity index is 0.00000280. The molecule has 0 spiro atoms. The Bertz CT molecular complexity index is 782. The lowest BCUT2D eigenvalue weighted by Gasteiger charge is -2.18. The van der Waals surface area contributed by atoms with Crippen LogP contribution in [0.5, 0.6) is 5.75 Å². The number of rotatable bonds is 7. The number of ether oxygens (including phenoxy) is 1. The number of guanidine groups is 1. The molecule has 1 aromatic carbocycles. The van der Waals surface area contributed by atoms with Crippen LogP contribution in [0.2, 0.25) is 0 Å². The summed E-state index contributed by atoms with van der Waals surface area (Å²) in [6, 6.07) is 6.15. The van der Waals surface area contributed by atoms with Crippen molar-refractivity contribution in [3.63, 3.8) is 0 Å². The number of nitrogens with one attached hydrogen (secondary N) is 2. The van der Waals surface area contributed by atoms with Crippen LogP contribution in [-0.4, -0.2) is 39.9 Å². The highest BCUT2D eigenvalue weighted by atomic mass is 127. The number of aryl methyl sites for hydroxylation is 1. The maximum absolute atomic E-state index is 13.2. The summed E-state index contributed by atoms with van der Waals surface area (Å²) in [4.78, 5) is 4.61. The van der Waals surface area contributed by atoms with Gasteiger partial charge in [0, 0.05) is 25.6 Å². The molecule has 154 valence electrons. The van der Waals surface area contributed by atoms with Crippen LogP contribution in [0.25, 0.3) is 0 Å². The molecule has 1 unspecified atom stereocenters. The van der Waals surface area contributed by atoms with Gasteiger partial charge in [0.15, 0.2) is 11.8 Å². The molecule has 0 bridgehead atoms. The molecule has 1 aromatic heterocycles. The quantitative estimate of drug-likeness (QED) is 0.346. The predicted octanol–water partition coefficient (Wildman–Crippen LogP) is 2.89. The molecular formula is C19H28FIN6O. The van der Waals surface area contributed by atoms with Gasteiger partial charge in [-0.05, 0) is 38.8 Å². The second kappa shape index (κ2) is 11.2. The number of hydrogen-bond acceptors (Lipinski definition) is 4. The molecule has 2 N–H and O–H groups in total. The van der Waals surface area contributed by atoms with Gasteiger partial charge < -0.3 is 19.9 Å². The normalized spacial score (nSPS) is 14.6. The molecule has 2 heterocycles. The fourth-order valence-corrected chi connectivity index (χ4v) is 3.03. The molecule has 0 saturated heterocycles. The van der Waals surface area contributed by atoms with Crippen LogP contribution in [0.4, 0.5) is 4.39 Å². The first-order chi connectivity index (χ1) is 13.2. The van der Waals surface area contributed by atoms with Gasteiger partial charge in [-0.1, -0.05) is 6.07 Å². The zero-order chi connectivity index (χ0) is 19.1. The minimum absolute atomic E-state index is 0. The van der Waals surface area contributed by atoms with Gasteiger partial charge in [-0.3, -0.25) is 0 Å². The number of hydrogen-bond donors (Lipinski definition) is 2. The summed E-state index contributed by atoms with van der Waals surface area (Å²) in [5.74, 6) is 2.85. The summed E-state index contributed by atoms with van der Waals surface area (Å²) < 4.78 is 21.2. The van der Waals surface area contributed by atoms with E-state index in [0.29, 0.717) is 24.8 Å². The Kier molecular flexibility index (Phi) is 8.94. The van der Waals surface area contributed by atoms with Crippen LogP contribution in [0, 0.1) is 5.82 Å². The van der Waals surface area contributed by atoms with Gasteiger partial charge in [0.25, 0.3) is 0 Å². The maximum atomic E-state index is 13.2. The molecule has 7 nitrogen and oxygen atoms in total. The fraction of sp³-hybridized carbons (Fsp3) is 0.526. The maximum Gasteiger partial charge on any atom is 0.191 e. The van der Waals surface area contributed by atoms with Crippen molar-refractivity contribution in [2.75, 3.05) is 13.1 Å². The van der Waals surface area contributed by atoms with Crippen LogP contribution < -0.4 is 15.4 Å². The zero-order valence-corrected chi connectivity index (χ0v) is 18.7. The molecule has 1 aliphatic heterocycles. The summed E-state index contributed by atoms with van der Waals surface area (Å²) in [7, 11) is 0. The van der Waals surface area contributed by atoms with E-state index in [0.717, 1.165) is 37.6 Å². The van der Waals surface area contributed by atoms with E-state index in [1.807, 2.05) is 13.8 Å². The molecule has 1 atom stereocenters. The van der Waals surface area contributed by atoms with E-state index in [9.17, 15) is 4.39 Å². The smallest absolute Gasteiger partial charge is 0.191 e. The molecule has 0 fully saturated rings. The van der Waals surface area contributed by atoms with Gasteiger partial charge in [-0.15, -0.1) is 34.2 Å². The van der Waals surface area contributed by atoms with Crippen molar-refractivity contribution in [2.24, 2.45) is 4.99 Å². The average molecular weight is 502 g/mol. The lowest BCUT2D eigenvalue weighted by molar-refractivity contribution is 0.223. The zero-order valence-electron chi connectivity index (χ0n) is 16.3. The summed E-state index contributed by atoms with van der Waals surface area (Å²) in [6.07, 6.45) is 3.19. The van der Waals surface area contributed by atoms with Crippen molar-refractivity contribution in [1.82, 2.24) is 25.4 Å². The molecule has 0 amide bonds. The van der Waals surface area contributed by atoms with Crippen LogP contribution in [0.1, 0.15) is 38.3 Å². The topological polar surface area (TPSA) is 76.4 Å². The van der Waals surface area contributed by atoms with Crippen molar-refractivity contribution in [2.45, 2.75) is 52.3 Å². The number of benzene rings is 1. The molecular weight excluding hydrogens is 474 g/mol. The third kappa shape index (κ3) is 6.32. The Morgan fingerprint density at radius 2 is 2.18 bits per heavy atom. The van der Waals surface area contributed by atoms with E-state index >= 15 is 0 Å². The van der Waals surface area contributed by atoms with E-state index in [2.05, 4.69) is 30.4 Å². The highest BCUT2D eigenvalue weighted by molar-refractivity contribution is 14.0. The first-order valence-corrected chi connectivity index (χ1v) is 9.51. The molecule has 1 aliphatic rings. The fourth-order valence-electron chi connectivity index (χ4n) is 3.03. The first-order valence-electron chi connectivity index (χ1n) is 9.51. The number of halogens is 2. The minimum Gasteiger partial charge on any atom is -0.489 e. The van der Waals surface area contributed by atoms with Gasteiger partial charge >= 0.3 is 0 Å². The lowest BCUT2D eigenvalue weighted by Crippen LogP contribution is -2.41. The van der Waals surface area contributed by atoms with Crippen LogP contribution >= 0.6 is 24.0 Å². The standard InChI is InChI=1S/C19H27FN6O.HI/c1-3-21-19(22-12-14(2)27-16-8-6-7-15(20)11-16)23-13-18-25-24-17-9-4-5-10-26(17)18;/h6-8,11,14H,3-5,9-10,12-13H2,1-2H3,(H2,21,22,23);1H. The van der Waals surface area contributed by atoms with Crippen molar-refractivity contribution >= 4 is 29.9 Å². The molecule has 9 heteroatoms. The van der Waals surface area contributed by atoms with Crippen LogP contribution in [0.3, 0.4) is 0 Å². The second-order valence-electron chi connectivity index (χ2n) is 6.60. The monoisotopic (exact) mass is 502 g/mol. The number of nitrogens with zero attached hydrogens (tertiary/aromatic N) is 4. The molecule has 0 radical (unpaired) electrons. The minimum atomic E-state index is -0.306. The Morgan fingerprint density at radius 3 is 2.96 bits per heavy atom. The molecule has 0 saturated carbocycles.